The van der Waals surface area contributed by atoms with E-state index in [1.165, 1.54) is 6.08 Å². The first kappa shape index (κ1) is 15.2. The molecule has 1 aliphatic rings. The minimum absolute atomic E-state index is 0.275. The van der Waals surface area contributed by atoms with E-state index in [9.17, 15) is 14.7 Å². The van der Waals surface area contributed by atoms with Crippen LogP contribution >= 0.6 is 0 Å². The number of aliphatic carboxylic acids is 1. The first-order valence-electron chi connectivity index (χ1n) is 6.21. The number of rotatable bonds is 1. The number of carbonyl (C=O) groups is 2. The van der Waals surface area contributed by atoms with Crippen molar-refractivity contribution < 1.29 is 24.5 Å². The molecular weight excluding hydrogens is 248 g/mol. The highest BCUT2D eigenvalue weighted by Crippen LogP contribution is 2.08. The van der Waals surface area contributed by atoms with E-state index in [-0.39, 0.29) is 6.42 Å². The number of ether oxygens (including phenoxy) is 1. The predicted molar refractivity (Wildman–Crippen MR) is 69.4 cm³/mol. The second kappa shape index (κ2) is 8.26. The van der Waals surface area contributed by atoms with Crippen molar-refractivity contribution in [3.8, 4) is 0 Å². The number of hydrogen-bond acceptors (Lipinski definition) is 4. The predicted octanol–water partition coefficient (Wildman–Crippen LogP) is 1.59. The number of carbonyl (C=O) groups excluding carboxylic acids is 1. The van der Waals surface area contributed by atoms with Gasteiger partial charge in [0.25, 0.3) is 0 Å². The van der Waals surface area contributed by atoms with Gasteiger partial charge in [0.05, 0.1) is 6.10 Å². The number of aliphatic hydroxyl groups is 1. The number of carboxylic acid groups (broad SMARTS) is 1. The molecule has 0 unspecified atom stereocenters. The Kier molecular flexibility index (Phi) is 6.60. The summed E-state index contributed by atoms with van der Waals surface area (Å²) < 4.78 is 4.82. The first-order chi connectivity index (χ1) is 9.09. The molecule has 2 N–H and O–H groups in total. The fraction of sp³-hybridized carbons (Fsp3) is 0.429. The van der Waals surface area contributed by atoms with E-state index in [0.29, 0.717) is 12.8 Å². The van der Waals surface area contributed by atoms with Crippen molar-refractivity contribution in [3.63, 3.8) is 0 Å². The standard InChI is InChI=1S/C14H18O5/c15-11-7-5-3-1-2-4-6-8-12(14(17)18)19-13(16)10-9-11/h1-2,5,7,9-12,15H,3-4,6,8H2,(H,17,18)/t11-,12-/m0/s1. The van der Waals surface area contributed by atoms with Gasteiger partial charge in [-0.3, -0.25) is 0 Å². The third kappa shape index (κ3) is 6.57. The van der Waals surface area contributed by atoms with Crippen LogP contribution < -0.4 is 0 Å². The fourth-order valence-corrected chi connectivity index (χ4v) is 1.59. The lowest BCUT2D eigenvalue weighted by molar-refractivity contribution is -0.161. The van der Waals surface area contributed by atoms with Crippen molar-refractivity contribution in [2.45, 2.75) is 37.9 Å². The van der Waals surface area contributed by atoms with Crippen LogP contribution in [0.15, 0.2) is 36.5 Å². The highest BCUT2D eigenvalue weighted by molar-refractivity contribution is 5.85. The maximum absolute atomic E-state index is 11.4. The first-order valence-corrected chi connectivity index (χ1v) is 6.21. The molecule has 2 atom stereocenters. The molecule has 0 saturated carbocycles. The molecule has 0 amide bonds. The monoisotopic (exact) mass is 266 g/mol. The Balaban J connectivity index is 2.72. The van der Waals surface area contributed by atoms with E-state index in [0.717, 1.165) is 12.5 Å². The van der Waals surface area contributed by atoms with Gasteiger partial charge in [-0.05, 0) is 31.8 Å². The van der Waals surface area contributed by atoms with Crippen molar-refractivity contribution >= 4 is 11.9 Å². The topological polar surface area (TPSA) is 83.8 Å². The average molecular weight is 266 g/mol. The van der Waals surface area contributed by atoms with Gasteiger partial charge in [0.2, 0.25) is 0 Å². The summed E-state index contributed by atoms with van der Waals surface area (Å²) in [7, 11) is 0. The largest absolute Gasteiger partial charge is 0.479 e. The fourth-order valence-electron chi connectivity index (χ4n) is 1.59. The maximum atomic E-state index is 11.4. The number of cyclic esters (lactones) is 1. The summed E-state index contributed by atoms with van der Waals surface area (Å²) in [6.45, 7) is 0. The molecule has 0 radical (unpaired) electrons. The second-order valence-electron chi connectivity index (χ2n) is 4.18. The average Bonchev–Trinajstić information content (AvgIpc) is 2.37. The zero-order valence-electron chi connectivity index (χ0n) is 10.6. The van der Waals surface area contributed by atoms with Gasteiger partial charge in [-0.1, -0.05) is 24.3 Å². The molecule has 5 nitrogen and oxygen atoms in total. The SMILES string of the molecule is O=C1C=C[C@@H](O)C=CCC=CCCC[C@@H](C(=O)O)O1. The van der Waals surface area contributed by atoms with E-state index in [2.05, 4.69) is 0 Å². The Hall–Kier alpha value is -1.88. The lowest BCUT2D eigenvalue weighted by atomic mass is 10.1. The smallest absolute Gasteiger partial charge is 0.345 e. The Morgan fingerprint density at radius 3 is 2.79 bits per heavy atom. The quantitative estimate of drug-likeness (QED) is 0.556. The number of hydrogen-bond donors (Lipinski definition) is 2. The highest BCUT2D eigenvalue weighted by Gasteiger charge is 2.20. The minimum atomic E-state index is -1.15. The molecule has 0 aromatic rings. The van der Waals surface area contributed by atoms with E-state index in [4.69, 9.17) is 9.84 Å². The van der Waals surface area contributed by atoms with Gasteiger partial charge in [0.1, 0.15) is 0 Å². The molecule has 1 heterocycles. The van der Waals surface area contributed by atoms with Crippen LogP contribution in [-0.4, -0.2) is 34.4 Å². The normalized spacial score (nSPS) is 25.6. The van der Waals surface area contributed by atoms with Gasteiger partial charge in [-0.25, -0.2) is 9.59 Å². The molecule has 5 heteroatoms. The number of esters is 1. The van der Waals surface area contributed by atoms with Crippen LogP contribution in [0.3, 0.4) is 0 Å². The summed E-state index contributed by atoms with van der Waals surface area (Å²) in [4.78, 5) is 22.3. The van der Waals surface area contributed by atoms with Gasteiger partial charge in [0.15, 0.2) is 6.10 Å². The van der Waals surface area contributed by atoms with Crippen molar-refractivity contribution in [2.75, 3.05) is 0 Å². The van der Waals surface area contributed by atoms with Crippen LogP contribution in [0.1, 0.15) is 25.7 Å². The summed E-state index contributed by atoms with van der Waals surface area (Å²) in [5.74, 6) is -1.91. The van der Waals surface area contributed by atoms with E-state index in [1.54, 1.807) is 12.2 Å². The third-order valence-corrected chi connectivity index (χ3v) is 2.57. The van der Waals surface area contributed by atoms with Crippen LogP contribution in [0, 0.1) is 0 Å². The Bertz CT molecular complexity index is 395. The summed E-state index contributed by atoms with van der Waals surface area (Å²) >= 11 is 0. The highest BCUT2D eigenvalue weighted by atomic mass is 16.6. The van der Waals surface area contributed by atoms with Crippen molar-refractivity contribution in [3.05, 3.63) is 36.5 Å². The van der Waals surface area contributed by atoms with E-state index < -0.39 is 24.1 Å². The summed E-state index contributed by atoms with van der Waals surface area (Å²) in [5, 5.41) is 18.4. The van der Waals surface area contributed by atoms with Crippen molar-refractivity contribution in [2.24, 2.45) is 0 Å². The van der Waals surface area contributed by atoms with Gasteiger partial charge in [0, 0.05) is 6.08 Å². The maximum Gasteiger partial charge on any atom is 0.345 e. The molecule has 0 aromatic heterocycles. The summed E-state index contributed by atoms with van der Waals surface area (Å²) in [6.07, 6.45) is 9.85. The van der Waals surface area contributed by atoms with Crippen LogP contribution in [0.5, 0.6) is 0 Å². The molecule has 0 bridgehead atoms. The molecule has 1 aliphatic heterocycles. The lowest BCUT2D eigenvalue weighted by Crippen LogP contribution is -2.26. The Labute approximate surface area is 111 Å². The molecule has 0 aliphatic carbocycles. The van der Waals surface area contributed by atoms with Gasteiger partial charge >= 0.3 is 11.9 Å². The molecular formula is C14H18O5. The van der Waals surface area contributed by atoms with Gasteiger partial charge in [-0.2, -0.15) is 0 Å². The summed E-state index contributed by atoms with van der Waals surface area (Å²) in [5.41, 5.74) is 0. The van der Waals surface area contributed by atoms with Crippen LogP contribution in [0.2, 0.25) is 0 Å². The molecule has 0 saturated heterocycles. The molecule has 0 spiro atoms. The number of allylic oxidation sites excluding steroid dienone is 3. The van der Waals surface area contributed by atoms with Gasteiger partial charge < -0.3 is 14.9 Å². The molecule has 104 valence electrons. The molecule has 0 aromatic carbocycles. The van der Waals surface area contributed by atoms with Crippen molar-refractivity contribution in [1.82, 2.24) is 0 Å². The zero-order chi connectivity index (χ0) is 14.1. The zero-order valence-corrected chi connectivity index (χ0v) is 10.6. The lowest BCUT2D eigenvalue weighted by Gasteiger charge is -2.12. The number of carboxylic acids is 1. The molecule has 19 heavy (non-hydrogen) atoms. The second-order valence-corrected chi connectivity index (χ2v) is 4.18. The van der Waals surface area contributed by atoms with Crippen LogP contribution in [0.25, 0.3) is 0 Å². The molecule has 0 fully saturated rings. The van der Waals surface area contributed by atoms with Crippen LogP contribution in [-0.2, 0) is 14.3 Å². The summed E-state index contributed by atoms with van der Waals surface area (Å²) in [6, 6.07) is 0. The minimum Gasteiger partial charge on any atom is -0.479 e. The van der Waals surface area contributed by atoms with Gasteiger partial charge in [-0.15, -0.1) is 0 Å². The van der Waals surface area contributed by atoms with E-state index >= 15 is 0 Å². The Morgan fingerprint density at radius 2 is 2.05 bits per heavy atom. The third-order valence-electron chi connectivity index (χ3n) is 2.57. The molecule has 1 rings (SSSR count). The number of aliphatic hydroxyl groups excluding tert-OH is 1. The Morgan fingerprint density at radius 1 is 1.26 bits per heavy atom. The van der Waals surface area contributed by atoms with Crippen LogP contribution in [0.4, 0.5) is 0 Å². The van der Waals surface area contributed by atoms with Crippen molar-refractivity contribution in [1.29, 1.82) is 0 Å². The van der Waals surface area contributed by atoms with E-state index in [1.807, 2.05) is 12.2 Å².